The Morgan fingerprint density at radius 3 is 2.35 bits per heavy atom. The zero-order valence-electron chi connectivity index (χ0n) is 14.6. The standard InChI is InChI=1S/C18H23ClN4O3/c19-14-2-1-3-15(12-14)21-8-10-22(11-9-21)17(25)4-5-18(26)23-7-6-20-16(24)13-23/h1-3,12H,4-11,13H2,(H,20,24). The molecule has 1 aromatic rings. The molecule has 2 fully saturated rings. The van der Waals surface area contributed by atoms with Gasteiger partial charge in [0, 0.05) is 62.8 Å². The quantitative estimate of drug-likeness (QED) is 0.838. The Morgan fingerprint density at radius 2 is 1.69 bits per heavy atom. The molecule has 1 N–H and O–H groups in total. The minimum atomic E-state index is -0.145. The van der Waals surface area contributed by atoms with Crippen molar-refractivity contribution in [2.24, 2.45) is 0 Å². The van der Waals surface area contributed by atoms with Gasteiger partial charge in [-0.15, -0.1) is 0 Å². The number of rotatable bonds is 4. The molecule has 8 heteroatoms. The van der Waals surface area contributed by atoms with Crippen molar-refractivity contribution in [3.63, 3.8) is 0 Å². The summed E-state index contributed by atoms with van der Waals surface area (Å²) in [5.74, 6) is -0.288. The van der Waals surface area contributed by atoms with E-state index >= 15 is 0 Å². The predicted octanol–water partition coefficient (Wildman–Crippen LogP) is 0.727. The predicted molar refractivity (Wildman–Crippen MR) is 99.1 cm³/mol. The smallest absolute Gasteiger partial charge is 0.239 e. The molecular weight excluding hydrogens is 356 g/mol. The van der Waals surface area contributed by atoms with Gasteiger partial charge in [-0.25, -0.2) is 0 Å². The van der Waals surface area contributed by atoms with Gasteiger partial charge in [-0.2, -0.15) is 0 Å². The van der Waals surface area contributed by atoms with Crippen molar-refractivity contribution in [1.82, 2.24) is 15.1 Å². The molecule has 2 heterocycles. The van der Waals surface area contributed by atoms with Crippen LogP contribution >= 0.6 is 11.6 Å². The van der Waals surface area contributed by atoms with Crippen LogP contribution in [0.1, 0.15) is 12.8 Å². The summed E-state index contributed by atoms with van der Waals surface area (Å²) in [4.78, 5) is 41.4. The van der Waals surface area contributed by atoms with Gasteiger partial charge in [-0.1, -0.05) is 17.7 Å². The lowest BCUT2D eigenvalue weighted by molar-refractivity contribution is -0.140. The maximum absolute atomic E-state index is 12.4. The van der Waals surface area contributed by atoms with E-state index < -0.39 is 0 Å². The van der Waals surface area contributed by atoms with Gasteiger partial charge in [-0.05, 0) is 18.2 Å². The SMILES string of the molecule is O=C1CN(C(=O)CCC(=O)N2CCN(c3cccc(Cl)c3)CC2)CCN1. The molecule has 0 unspecified atom stereocenters. The van der Waals surface area contributed by atoms with E-state index in [0.29, 0.717) is 31.2 Å². The number of hydrogen-bond donors (Lipinski definition) is 1. The van der Waals surface area contributed by atoms with E-state index in [0.717, 1.165) is 18.8 Å². The molecule has 7 nitrogen and oxygen atoms in total. The van der Waals surface area contributed by atoms with Crippen LogP contribution in [0.15, 0.2) is 24.3 Å². The van der Waals surface area contributed by atoms with Crippen LogP contribution in [0.3, 0.4) is 0 Å². The van der Waals surface area contributed by atoms with Gasteiger partial charge in [0.25, 0.3) is 0 Å². The largest absolute Gasteiger partial charge is 0.368 e. The Balaban J connectivity index is 1.43. The first-order valence-electron chi connectivity index (χ1n) is 8.86. The molecule has 26 heavy (non-hydrogen) atoms. The van der Waals surface area contributed by atoms with E-state index in [-0.39, 0.29) is 37.1 Å². The van der Waals surface area contributed by atoms with Crippen molar-refractivity contribution in [2.75, 3.05) is 50.7 Å². The van der Waals surface area contributed by atoms with Gasteiger partial charge >= 0.3 is 0 Å². The average Bonchev–Trinajstić information content (AvgIpc) is 2.66. The van der Waals surface area contributed by atoms with Crippen LogP contribution in [0.4, 0.5) is 5.69 Å². The number of hydrogen-bond acceptors (Lipinski definition) is 4. The summed E-state index contributed by atoms with van der Waals surface area (Å²) in [6.07, 6.45) is 0.342. The first-order chi connectivity index (χ1) is 12.5. The number of carbonyl (C=O) groups is 3. The van der Waals surface area contributed by atoms with Crippen molar-refractivity contribution in [3.05, 3.63) is 29.3 Å². The van der Waals surface area contributed by atoms with Crippen LogP contribution in [0.2, 0.25) is 5.02 Å². The normalized spacial score (nSPS) is 17.9. The van der Waals surface area contributed by atoms with E-state index in [9.17, 15) is 14.4 Å². The first-order valence-corrected chi connectivity index (χ1v) is 9.23. The molecular formula is C18H23ClN4O3. The summed E-state index contributed by atoms with van der Waals surface area (Å²) in [6, 6.07) is 7.69. The molecule has 2 saturated heterocycles. The number of anilines is 1. The van der Waals surface area contributed by atoms with Gasteiger partial charge in [0.2, 0.25) is 17.7 Å². The summed E-state index contributed by atoms with van der Waals surface area (Å²) < 4.78 is 0. The number of carbonyl (C=O) groups excluding carboxylic acids is 3. The van der Waals surface area contributed by atoms with E-state index in [1.807, 2.05) is 24.3 Å². The van der Waals surface area contributed by atoms with Crippen molar-refractivity contribution >= 4 is 35.0 Å². The Labute approximate surface area is 157 Å². The molecule has 2 aliphatic heterocycles. The molecule has 0 spiro atoms. The maximum Gasteiger partial charge on any atom is 0.239 e. The molecule has 1 aromatic carbocycles. The molecule has 3 rings (SSSR count). The highest BCUT2D eigenvalue weighted by Crippen LogP contribution is 2.21. The van der Waals surface area contributed by atoms with Gasteiger partial charge in [0.15, 0.2) is 0 Å². The number of benzene rings is 1. The van der Waals surface area contributed by atoms with Crippen molar-refractivity contribution in [1.29, 1.82) is 0 Å². The van der Waals surface area contributed by atoms with Gasteiger partial charge in [0.1, 0.15) is 0 Å². The monoisotopic (exact) mass is 378 g/mol. The summed E-state index contributed by atoms with van der Waals surface area (Å²) in [6.45, 7) is 3.82. The molecule has 2 aliphatic rings. The van der Waals surface area contributed by atoms with E-state index in [2.05, 4.69) is 10.2 Å². The molecule has 0 saturated carbocycles. The zero-order valence-corrected chi connectivity index (χ0v) is 15.4. The molecule has 0 atom stereocenters. The maximum atomic E-state index is 12.4. The fourth-order valence-corrected chi connectivity index (χ4v) is 3.45. The summed E-state index contributed by atoms with van der Waals surface area (Å²) in [5, 5.41) is 3.38. The van der Waals surface area contributed by atoms with Crippen LogP contribution in [0.5, 0.6) is 0 Å². The van der Waals surface area contributed by atoms with Crippen LogP contribution in [0, 0.1) is 0 Å². The average molecular weight is 379 g/mol. The number of nitrogens with one attached hydrogen (secondary N) is 1. The third-order valence-corrected chi connectivity index (χ3v) is 4.98. The Kier molecular flexibility index (Phi) is 5.98. The van der Waals surface area contributed by atoms with E-state index in [1.165, 1.54) is 4.90 Å². The highest BCUT2D eigenvalue weighted by Gasteiger charge is 2.24. The minimum Gasteiger partial charge on any atom is -0.368 e. The summed E-state index contributed by atoms with van der Waals surface area (Å²) in [7, 11) is 0. The lowest BCUT2D eigenvalue weighted by Crippen LogP contribution is -2.50. The van der Waals surface area contributed by atoms with Crippen molar-refractivity contribution < 1.29 is 14.4 Å². The summed E-state index contributed by atoms with van der Waals surface area (Å²) in [5.41, 5.74) is 1.06. The fraction of sp³-hybridized carbons (Fsp3) is 0.500. The molecule has 0 aliphatic carbocycles. The minimum absolute atomic E-state index is 0.00875. The summed E-state index contributed by atoms with van der Waals surface area (Å²) >= 11 is 6.04. The topological polar surface area (TPSA) is 73.0 Å². The first kappa shape index (κ1) is 18.5. The number of halogens is 1. The Bertz CT molecular complexity index is 689. The van der Waals surface area contributed by atoms with Crippen LogP contribution < -0.4 is 10.2 Å². The lowest BCUT2D eigenvalue weighted by atomic mass is 10.2. The third-order valence-electron chi connectivity index (χ3n) is 4.75. The van der Waals surface area contributed by atoms with Crippen LogP contribution in [-0.4, -0.2) is 73.3 Å². The molecule has 0 bridgehead atoms. The van der Waals surface area contributed by atoms with Crippen LogP contribution in [-0.2, 0) is 14.4 Å². The zero-order chi connectivity index (χ0) is 18.5. The van der Waals surface area contributed by atoms with E-state index in [4.69, 9.17) is 11.6 Å². The molecule has 140 valence electrons. The van der Waals surface area contributed by atoms with Crippen molar-refractivity contribution in [2.45, 2.75) is 12.8 Å². The highest BCUT2D eigenvalue weighted by atomic mass is 35.5. The van der Waals surface area contributed by atoms with Gasteiger partial charge in [0.05, 0.1) is 6.54 Å². The van der Waals surface area contributed by atoms with Gasteiger partial charge < -0.3 is 20.0 Å². The van der Waals surface area contributed by atoms with Crippen molar-refractivity contribution in [3.8, 4) is 0 Å². The second-order valence-corrected chi connectivity index (χ2v) is 6.95. The Morgan fingerprint density at radius 1 is 1.00 bits per heavy atom. The number of piperazine rings is 2. The molecule has 3 amide bonds. The number of nitrogens with zero attached hydrogens (tertiary/aromatic N) is 3. The molecule has 0 aromatic heterocycles. The molecule has 0 radical (unpaired) electrons. The second kappa shape index (κ2) is 8.40. The second-order valence-electron chi connectivity index (χ2n) is 6.51. The highest BCUT2D eigenvalue weighted by molar-refractivity contribution is 6.30. The van der Waals surface area contributed by atoms with Crippen LogP contribution in [0.25, 0.3) is 0 Å². The Hall–Kier alpha value is -2.28. The fourth-order valence-electron chi connectivity index (χ4n) is 3.27. The lowest BCUT2D eigenvalue weighted by Gasteiger charge is -2.36. The van der Waals surface area contributed by atoms with Gasteiger partial charge in [-0.3, -0.25) is 14.4 Å². The third kappa shape index (κ3) is 4.66. The number of amides is 3. The van der Waals surface area contributed by atoms with E-state index in [1.54, 1.807) is 4.90 Å².